The fraction of sp³-hybridized carbons (Fsp3) is 0.458. The molecule has 2 aliphatic rings. The van der Waals surface area contributed by atoms with E-state index in [9.17, 15) is 40.5 Å². The molecule has 13 nitrogen and oxygen atoms in total. The van der Waals surface area contributed by atoms with Gasteiger partial charge in [0.25, 0.3) is 0 Å². The number of hydrogen-bond donors (Lipinski definition) is 7. The summed E-state index contributed by atoms with van der Waals surface area (Å²) in [6, 6.07) is 10.7. The zero-order chi connectivity index (χ0) is 26.7. The number of carbonyl (C=O) groups is 1. The molecule has 0 unspecified atom stereocenters. The van der Waals surface area contributed by atoms with Gasteiger partial charge in [0.15, 0.2) is 18.0 Å². The summed E-state index contributed by atoms with van der Waals surface area (Å²) in [4.78, 5) is 12.2. The number of aromatic hydroxyl groups is 2. The Morgan fingerprint density at radius 3 is 2.19 bits per heavy atom. The second kappa shape index (κ2) is 11.2. The number of aliphatic hydroxyl groups excluding tert-OH is 4. The minimum absolute atomic E-state index is 0.0266. The summed E-state index contributed by atoms with van der Waals surface area (Å²) in [5, 5.41) is 70.8. The number of esters is 1. The first-order valence-corrected chi connectivity index (χ1v) is 11.3. The van der Waals surface area contributed by atoms with Gasteiger partial charge >= 0.3 is 5.97 Å². The normalized spacial score (nSPS) is 33.7. The van der Waals surface area contributed by atoms with Crippen molar-refractivity contribution >= 4 is 5.97 Å². The van der Waals surface area contributed by atoms with Crippen molar-refractivity contribution in [2.75, 3.05) is 19.8 Å². The van der Waals surface area contributed by atoms with Crippen LogP contribution in [0.4, 0.5) is 0 Å². The number of phenols is 2. The van der Waals surface area contributed by atoms with Gasteiger partial charge in [0.05, 0.1) is 18.8 Å². The average molecular weight is 524 g/mol. The number of aliphatic hydroxyl groups is 5. The lowest BCUT2D eigenvalue weighted by atomic mass is 9.98. The number of phenolic OH excluding ortho intramolecular Hbond substituents is 2. The standard InChI is InChI=1S/C24H28O13/c25-9-16-17(28)18(29)19(22(36-16)35-15-7-5-14(27)6-8-15)37-23-20(30)24(32,11-34-23)10-33-21(31)12-1-3-13(26)4-2-12/h1-8,16-20,22-23,25-30,32H,9-11H2/t16-,17+,18+,19-,20+,22-,23+,24-/m1/s1. The second-order valence-electron chi connectivity index (χ2n) is 8.77. The van der Waals surface area contributed by atoms with E-state index in [2.05, 4.69) is 0 Å². The number of carbonyl (C=O) groups excluding carboxylic acids is 1. The maximum atomic E-state index is 12.2. The van der Waals surface area contributed by atoms with Crippen LogP contribution >= 0.6 is 0 Å². The number of rotatable bonds is 8. The molecule has 4 rings (SSSR count). The van der Waals surface area contributed by atoms with Gasteiger partial charge in [0.2, 0.25) is 6.29 Å². The second-order valence-corrected chi connectivity index (χ2v) is 8.77. The molecule has 2 aromatic carbocycles. The third-order valence-corrected chi connectivity index (χ3v) is 6.07. The maximum Gasteiger partial charge on any atom is 0.338 e. The van der Waals surface area contributed by atoms with E-state index in [0.717, 1.165) is 0 Å². The molecule has 7 N–H and O–H groups in total. The van der Waals surface area contributed by atoms with Crippen molar-refractivity contribution in [3.8, 4) is 17.2 Å². The molecule has 2 aliphatic heterocycles. The Bertz CT molecular complexity index is 1050. The van der Waals surface area contributed by atoms with E-state index in [-0.39, 0.29) is 22.8 Å². The van der Waals surface area contributed by atoms with Crippen LogP contribution in [0.15, 0.2) is 48.5 Å². The van der Waals surface area contributed by atoms with Crippen molar-refractivity contribution in [3.63, 3.8) is 0 Å². The highest BCUT2D eigenvalue weighted by atomic mass is 16.8. The van der Waals surface area contributed by atoms with E-state index in [1.54, 1.807) is 0 Å². The van der Waals surface area contributed by atoms with Crippen molar-refractivity contribution in [1.82, 2.24) is 0 Å². The van der Waals surface area contributed by atoms with Crippen LogP contribution in [-0.2, 0) is 18.9 Å². The van der Waals surface area contributed by atoms with Gasteiger partial charge in [-0.3, -0.25) is 0 Å². The largest absolute Gasteiger partial charge is 0.508 e. The van der Waals surface area contributed by atoms with Crippen LogP contribution in [0.5, 0.6) is 17.2 Å². The van der Waals surface area contributed by atoms with Gasteiger partial charge in [-0.2, -0.15) is 0 Å². The molecular weight excluding hydrogens is 496 g/mol. The molecule has 0 saturated carbocycles. The number of benzene rings is 2. The van der Waals surface area contributed by atoms with E-state index in [0.29, 0.717) is 0 Å². The summed E-state index contributed by atoms with van der Waals surface area (Å²) in [6.07, 6.45) is -10.6. The Balaban J connectivity index is 1.43. The first-order valence-electron chi connectivity index (χ1n) is 11.3. The first-order chi connectivity index (χ1) is 17.6. The highest BCUT2D eigenvalue weighted by Gasteiger charge is 2.54. The Labute approximate surface area is 210 Å². The zero-order valence-electron chi connectivity index (χ0n) is 19.4. The molecule has 0 spiro atoms. The van der Waals surface area contributed by atoms with Crippen LogP contribution in [0.1, 0.15) is 10.4 Å². The van der Waals surface area contributed by atoms with Crippen molar-refractivity contribution in [3.05, 3.63) is 54.1 Å². The molecule has 0 aliphatic carbocycles. The molecule has 0 aromatic heterocycles. The average Bonchev–Trinajstić information content (AvgIpc) is 3.17. The topological polar surface area (TPSA) is 205 Å². The number of ether oxygens (including phenoxy) is 5. The van der Waals surface area contributed by atoms with Crippen molar-refractivity contribution in [1.29, 1.82) is 0 Å². The van der Waals surface area contributed by atoms with Crippen LogP contribution < -0.4 is 4.74 Å². The molecular formula is C24H28O13. The predicted octanol–water partition coefficient (Wildman–Crippen LogP) is -1.39. The third-order valence-electron chi connectivity index (χ3n) is 6.07. The van der Waals surface area contributed by atoms with Crippen LogP contribution in [-0.4, -0.2) is 110 Å². The Morgan fingerprint density at radius 1 is 0.946 bits per heavy atom. The molecule has 2 saturated heterocycles. The maximum absolute atomic E-state index is 12.2. The Morgan fingerprint density at radius 2 is 1.57 bits per heavy atom. The highest BCUT2D eigenvalue weighted by Crippen LogP contribution is 2.32. The van der Waals surface area contributed by atoms with Gasteiger partial charge in [0, 0.05) is 0 Å². The minimum atomic E-state index is -2.07. The summed E-state index contributed by atoms with van der Waals surface area (Å²) >= 11 is 0. The van der Waals surface area contributed by atoms with Crippen molar-refractivity contribution in [2.24, 2.45) is 0 Å². The van der Waals surface area contributed by atoms with Crippen LogP contribution in [0, 0.1) is 0 Å². The molecule has 2 aromatic rings. The highest BCUT2D eigenvalue weighted by molar-refractivity contribution is 5.89. The molecule has 0 amide bonds. The summed E-state index contributed by atoms with van der Waals surface area (Å²) < 4.78 is 27.3. The quantitative estimate of drug-likeness (QED) is 0.199. The Hall–Kier alpha value is -3.01. The lowest BCUT2D eigenvalue weighted by Crippen LogP contribution is -2.62. The molecule has 8 atom stereocenters. The fourth-order valence-corrected chi connectivity index (χ4v) is 3.88. The van der Waals surface area contributed by atoms with Crippen LogP contribution in [0.2, 0.25) is 0 Å². The van der Waals surface area contributed by atoms with Gasteiger partial charge < -0.3 is 59.4 Å². The van der Waals surface area contributed by atoms with Gasteiger partial charge in [-0.15, -0.1) is 0 Å². The Kier molecular flexibility index (Phi) is 8.16. The zero-order valence-corrected chi connectivity index (χ0v) is 19.4. The fourth-order valence-electron chi connectivity index (χ4n) is 3.88. The predicted molar refractivity (Wildman–Crippen MR) is 120 cm³/mol. The van der Waals surface area contributed by atoms with Gasteiger partial charge in [-0.25, -0.2) is 4.79 Å². The molecule has 202 valence electrons. The SMILES string of the molecule is O=C(OC[C@@]1(O)CO[C@@H](O[C@H]2[C@H](Oc3ccc(O)cc3)O[C@H](CO)[C@H](O)[C@@H]2O)[C@@H]1O)c1ccc(O)cc1. The van der Waals surface area contributed by atoms with Crippen LogP contribution in [0.25, 0.3) is 0 Å². The molecule has 2 heterocycles. The smallest absolute Gasteiger partial charge is 0.338 e. The van der Waals surface area contributed by atoms with Gasteiger partial charge in [-0.05, 0) is 48.5 Å². The summed E-state index contributed by atoms with van der Waals surface area (Å²) in [5.74, 6) is -0.697. The third kappa shape index (κ3) is 5.95. The molecule has 0 bridgehead atoms. The number of hydrogen-bond acceptors (Lipinski definition) is 13. The van der Waals surface area contributed by atoms with E-state index in [4.69, 9.17) is 23.7 Å². The van der Waals surface area contributed by atoms with E-state index in [1.165, 1.54) is 48.5 Å². The summed E-state index contributed by atoms with van der Waals surface area (Å²) in [5.41, 5.74) is -1.97. The van der Waals surface area contributed by atoms with Gasteiger partial charge in [0.1, 0.15) is 48.3 Å². The van der Waals surface area contributed by atoms with Crippen LogP contribution in [0.3, 0.4) is 0 Å². The van der Waals surface area contributed by atoms with Gasteiger partial charge in [-0.1, -0.05) is 0 Å². The van der Waals surface area contributed by atoms with E-state index >= 15 is 0 Å². The molecule has 0 radical (unpaired) electrons. The molecule has 13 heteroatoms. The van der Waals surface area contributed by atoms with E-state index < -0.39 is 74.5 Å². The van der Waals surface area contributed by atoms with Crippen molar-refractivity contribution in [2.45, 2.75) is 48.7 Å². The lowest BCUT2D eigenvalue weighted by Gasteiger charge is -2.42. The summed E-state index contributed by atoms with van der Waals surface area (Å²) in [7, 11) is 0. The summed E-state index contributed by atoms with van der Waals surface area (Å²) in [6.45, 7) is -1.81. The first kappa shape index (κ1) is 27.0. The monoisotopic (exact) mass is 524 g/mol. The van der Waals surface area contributed by atoms with E-state index in [1.807, 2.05) is 0 Å². The molecule has 37 heavy (non-hydrogen) atoms. The lowest BCUT2D eigenvalue weighted by molar-refractivity contribution is -0.318. The molecule has 2 fully saturated rings. The van der Waals surface area contributed by atoms with Crippen molar-refractivity contribution < 1.29 is 64.2 Å². The minimum Gasteiger partial charge on any atom is -0.508 e.